The molecule has 2 N–H and O–H groups in total. The number of likely N-dealkylation sites (N-methyl/N-ethyl adjacent to an activating group) is 1. The third-order valence-electron chi connectivity index (χ3n) is 4.58. The van der Waals surface area contributed by atoms with Crippen LogP contribution in [0.2, 0.25) is 0 Å². The van der Waals surface area contributed by atoms with E-state index in [-0.39, 0.29) is 11.6 Å². The predicted octanol–water partition coefficient (Wildman–Crippen LogP) is 2.08. The van der Waals surface area contributed by atoms with Gasteiger partial charge in [-0.1, -0.05) is 25.1 Å². The van der Waals surface area contributed by atoms with Crippen LogP contribution in [0.25, 0.3) is 0 Å². The molecule has 0 aromatic carbocycles. The molecule has 2 aliphatic rings. The van der Waals surface area contributed by atoms with Crippen molar-refractivity contribution in [2.24, 2.45) is 5.73 Å². The lowest BCUT2D eigenvalue weighted by molar-refractivity contribution is -0.100. The molecule has 1 spiro atoms. The Kier molecular flexibility index (Phi) is 4.06. The summed E-state index contributed by atoms with van der Waals surface area (Å²) in [6, 6.07) is 0.755. The largest absolute Gasteiger partial charge is 0.392 e. The Balaban J connectivity index is 1.99. The molecule has 1 aliphatic heterocycles. The van der Waals surface area contributed by atoms with Crippen LogP contribution in [0.4, 0.5) is 0 Å². The lowest BCUT2D eigenvalue weighted by atomic mass is 9.88. The van der Waals surface area contributed by atoms with Crippen molar-refractivity contribution < 1.29 is 4.74 Å². The molecule has 1 saturated carbocycles. The molecule has 2 fully saturated rings. The van der Waals surface area contributed by atoms with Crippen molar-refractivity contribution in [2.75, 3.05) is 13.7 Å². The Bertz CT molecular complexity index is 289. The van der Waals surface area contributed by atoms with Crippen LogP contribution in [0.5, 0.6) is 0 Å². The van der Waals surface area contributed by atoms with Crippen molar-refractivity contribution in [1.29, 1.82) is 0 Å². The second kappa shape index (κ2) is 5.21. The Hall–Kier alpha value is -0.190. The minimum Gasteiger partial charge on any atom is -0.392 e. The van der Waals surface area contributed by atoms with Crippen molar-refractivity contribution in [3.8, 4) is 0 Å². The molecule has 98 valence electrons. The fraction of sp³-hybridized carbons (Fsp3) is 0.923. The van der Waals surface area contributed by atoms with Gasteiger partial charge in [-0.05, 0) is 39.7 Å². The topological polar surface area (TPSA) is 38.5 Å². The molecule has 2 atom stereocenters. The minimum atomic E-state index is 0.174. The van der Waals surface area contributed by atoms with Crippen LogP contribution in [0, 0.1) is 0 Å². The molecular weight excluding hydrogens is 232 g/mol. The van der Waals surface area contributed by atoms with E-state index in [0.29, 0.717) is 11.0 Å². The second-order valence-electron chi connectivity index (χ2n) is 5.63. The van der Waals surface area contributed by atoms with Gasteiger partial charge >= 0.3 is 0 Å². The van der Waals surface area contributed by atoms with Crippen LogP contribution in [0.15, 0.2) is 0 Å². The SMILES string of the molecule is CC(C(N)=S)N(C)C1CCOC2(CCCC2)C1. The molecule has 3 nitrogen and oxygen atoms in total. The normalized spacial score (nSPS) is 29.7. The van der Waals surface area contributed by atoms with Gasteiger partial charge < -0.3 is 10.5 Å². The summed E-state index contributed by atoms with van der Waals surface area (Å²) in [5, 5.41) is 0. The summed E-state index contributed by atoms with van der Waals surface area (Å²) in [6.07, 6.45) is 7.36. The maximum atomic E-state index is 6.06. The second-order valence-corrected chi connectivity index (χ2v) is 6.10. The first-order chi connectivity index (χ1) is 8.04. The molecular formula is C13H24N2OS. The summed E-state index contributed by atoms with van der Waals surface area (Å²) in [4.78, 5) is 2.93. The van der Waals surface area contributed by atoms with Crippen molar-refractivity contribution in [3.05, 3.63) is 0 Å². The number of hydrogen-bond acceptors (Lipinski definition) is 3. The molecule has 0 amide bonds. The molecule has 1 saturated heterocycles. The fourth-order valence-electron chi connectivity index (χ4n) is 3.23. The van der Waals surface area contributed by atoms with Gasteiger partial charge in [-0.15, -0.1) is 0 Å². The Morgan fingerprint density at radius 1 is 1.47 bits per heavy atom. The van der Waals surface area contributed by atoms with Gasteiger partial charge in [0.1, 0.15) is 0 Å². The smallest absolute Gasteiger partial charge is 0.0899 e. The average Bonchev–Trinajstić information content (AvgIpc) is 2.75. The van der Waals surface area contributed by atoms with Crippen molar-refractivity contribution in [1.82, 2.24) is 4.90 Å². The van der Waals surface area contributed by atoms with E-state index in [9.17, 15) is 0 Å². The monoisotopic (exact) mass is 256 g/mol. The van der Waals surface area contributed by atoms with Crippen LogP contribution >= 0.6 is 12.2 Å². The Morgan fingerprint density at radius 2 is 2.12 bits per heavy atom. The average molecular weight is 256 g/mol. The van der Waals surface area contributed by atoms with E-state index in [2.05, 4.69) is 18.9 Å². The first-order valence-corrected chi connectivity index (χ1v) is 7.10. The summed E-state index contributed by atoms with van der Waals surface area (Å²) >= 11 is 5.09. The zero-order chi connectivity index (χ0) is 12.5. The first kappa shape index (κ1) is 13.2. The maximum Gasteiger partial charge on any atom is 0.0899 e. The highest BCUT2D eigenvalue weighted by Gasteiger charge is 2.41. The van der Waals surface area contributed by atoms with Crippen LogP contribution in [0.3, 0.4) is 0 Å². The molecule has 4 heteroatoms. The summed E-state index contributed by atoms with van der Waals surface area (Å²) in [6.45, 7) is 2.98. The fourth-order valence-corrected chi connectivity index (χ4v) is 3.40. The first-order valence-electron chi connectivity index (χ1n) is 6.69. The molecule has 1 heterocycles. The van der Waals surface area contributed by atoms with Crippen LogP contribution in [-0.2, 0) is 4.74 Å². The van der Waals surface area contributed by atoms with Crippen LogP contribution < -0.4 is 5.73 Å². The lowest BCUT2D eigenvalue weighted by Gasteiger charge is -2.43. The number of ether oxygens (including phenoxy) is 1. The third-order valence-corrected chi connectivity index (χ3v) is 4.92. The standard InChI is InChI=1S/C13H24N2OS/c1-10(12(14)17)15(2)11-5-8-16-13(9-11)6-3-4-7-13/h10-11H,3-9H2,1-2H3,(H2,14,17). The van der Waals surface area contributed by atoms with E-state index < -0.39 is 0 Å². The number of nitrogens with two attached hydrogens (primary N) is 1. The lowest BCUT2D eigenvalue weighted by Crippen LogP contribution is -2.51. The predicted molar refractivity (Wildman–Crippen MR) is 74.2 cm³/mol. The number of nitrogens with zero attached hydrogens (tertiary/aromatic N) is 1. The van der Waals surface area contributed by atoms with Gasteiger partial charge in [0.05, 0.1) is 16.6 Å². The van der Waals surface area contributed by atoms with Crippen molar-refractivity contribution in [3.63, 3.8) is 0 Å². The molecule has 17 heavy (non-hydrogen) atoms. The Labute approximate surface area is 110 Å². The van der Waals surface area contributed by atoms with E-state index >= 15 is 0 Å². The zero-order valence-electron chi connectivity index (χ0n) is 10.9. The highest BCUT2D eigenvalue weighted by molar-refractivity contribution is 7.80. The number of hydrogen-bond donors (Lipinski definition) is 1. The van der Waals surface area contributed by atoms with E-state index in [4.69, 9.17) is 22.7 Å². The molecule has 1 aliphatic carbocycles. The van der Waals surface area contributed by atoms with Crippen LogP contribution in [-0.4, -0.2) is 41.2 Å². The highest BCUT2D eigenvalue weighted by Crippen LogP contribution is 2.41. The molecule has 2 unspecified atom stereocenters. The van der Waals surface area contributed by atoms with E-state index in [1.807, 2.05) is 0 Å². The van der Waals surface area contributed by atoms with Gasteiger partial charge in [0.2, 0.25) is 0 Å². The molecule has 0 aromatic heterocycles. The maximum absolute atomic E-state index is 6.06. The quantitative estimate of drug-likeness (QED) is 0.785. The molecule has 2 rings (SSSR count). The molecule has 0 radical (unpaired) electrons. The molecule has 0 bridgehead atoms. The van der Waals surface area contributed by atoms with E-state index in [0.717, 1.165) is 19.4 Å². The minimum absolute atomic E-state index is 0.174. The third kappa shape index (κ3) is 2.80. The van der Waals surface area contributed by atoms with Gasteiger partial charge in [-0.3, -0.25) is 4.90 Å². The van der Waals surface area contributed by atoms with Crippen molar-refractivity contribution >= 4 is 17.2 Å². The number of rotatable bonds is 3. The van der Waals surface area contributed by atoms with Crippen molar-refractivity contribution in [2.45, 2.75) is 63.1 Å². The van der Waals surface area contributed by atoms with Crippen LogP contribution in [0.1, 0.15) is 45.4 Å². The van der Waals surface area contributed by atoms with Gasteiger partial charge in [0.25, 0.3) is 0 Å². The van der Waals surface area contributed by atoms with Gasteiger partial charge in [-0.25, -0.2) is 0 Å². The summed E-state index contributed by atoms with van der Waals surface area (Å²) in [5.74, 6) is 0. The van der Waals surface area contributed by atoms with Gasteiger partial charge in [0.15, 0.2) is 0 Å². The van der Waals surface area contributed by atoms with Gasteiger partial charge in [0, 0.05) is 12.6 Å². The highest BCUT2D eigenvalue weighted by atomic mass is 32.1. The molecule has 0 aromatic rings. The summed E-state index contributed by atoms with van der Waals surface area (Å²) < 4.78 is 6.06. The Morgan fingerprint density at radius 3 is 2.71 bits per heavy atom. The summed E-state index contributed by atoms with van der Waals surface area (Å²) in [7, 11) is 2.14. The number of thiocarbonyl (C=S) groups is 1. The zero-order valence-corrected chi connectivity index (χ0v) is 11.8. The van der Waals surface area contributed by atoms with E-state index in [1.165, 1.54) is 25.7 Å². The summed E-state index contributed by atoms with van der Waals surface area (Å²) in [5.41, 5.74) is 5.92. The van der Waals surface area contributed by atoms with E-state index in [1.54, 1.807) is 0 Å². The van der Waals surface area contributed by atoms with Gasteiger partial charge in [-0.2, -0.15) is 0 Å².